The summed E-state index contributed by atoms with van der Waals surface area (Å²) in [7, 11) is 3.44. The number of hydrogen-bond donors (Lipinski definition) is 1. The Kier molecular flexibility index (Phi) is 5.48. The molecule has 0 aliphatic rings. The Labute approximate surface area is 122 Å². The van der Waals surface area contributed by atoms with Crippen LogP contribution in [0.5, 0.6) is 0 Å². The summed E-state index contributed by atoms with van der Waals surface area (Å²) in [6.07, 6.45) is 3.15. The number of nitrogens with zero attached hydrogens (tertiary/aromatic N) is 4. The lowest BCUT2D eigenvalue weighted by atomic mass is 10.2. The molecule has 7 heteroatoms. The monoisotopic (exact) mass is 283 g/mol. The Bertz CT molecular complexity index is 644. The minimum absolute atomic E-state index is 0.00162. The lowest BCUT2D eigenvalue weighted by Gasteiger charge is -2.13. The fourth-order valence-corrected chi connectivity index (χ4v) is 1.49. The molecule has 0 spiro atoms. The summed E-state index contributed by atoms with van der Waals surface area (Å²) in [6, 6.07) is 9.55. The van der Waals surface area contributed by atoms with E-state index in [0.717, 1.165) is 0 Å². The third-order valence-electron chi connectivity index (χ3n) is 2.53. The third kappa shape index (κ3) is 4.37. The van der Waals surface area contributed by atoms with Gasteiger partial charge in [-0.1, -0.05) is 0 Å². The zero-order valence-electron chi connectivity index (χ0n) is 11.6. The van der Waals surface area contributed by atoms with Crippen LogP contribution in [0.15, 0.2) is 47.8 Å². The number of non-ortho nitro benzene ring substituents is 1. The van der Waals surface area contributed by atoms with Crippen LogP contribution in [-0.4, -0.2) is 23.9 Å². The molecule has 21 heavy (non-hydrogen) atoms. The normalized spacial score (nSPS) is 9.52. The zero-order valence-corrected chi connectivity index (χ0v) is 11.6. The van der Waals surface area contributed by atoms with Crippen LogP contribution >= 0.6 is 0 Å². The molecular weight excluding hydrogens is 270 g/mol. The molecule has 106 valence electrons. The van der Waals surface area contributed by atoms with Crippen molar-refractivity contribution >= 4 is 11.4 Å². The maximum atomic E-state index is 10.5. The molecule has 0 aromatic heterocycles. The first-order chi connectivity index (χ1) is 9.99. The highest BCUT2D eigenvalue weighted by Crippen LogP contribution is 2.15. The first-order valence-electron chi connectivity index (χ1n) is 5.89. The van der Waals surface area contributed by atoms with E-state index in [1.807, 2.05) is 12.1 Å². The van der Waals surface area contributed by atoms with Crippen molar-refractivity contribution in [1.82, 2.24) is 4.90 Å². The van der Waals surface area contributed by atoms with Crippen molar-refractivity contribution in [2.45, 2.75) is 0 Å². The molecule has 0 amide bonds. The van der Waals surface area contributed by atoms with Crippen LogP contribution in [0.2, 0.25) is 0 Å². The van der Waals surface area contributed by atoms with E-state index < -0.39 is 4.92 Å². The molecule has 0 aliphatic heterocycles. The summed E-state index contributed by atoms with van der Waals surface area (Å²) in [6.45, 7) is 0. The van der Waals surface area contributed by atoms with Gasteiger partial charge in [0.25, 0.3) is 5.69 Å². The molecular formula is C14H13N5O2. The molecule has 1 rings (SSSR count). The highest BCUT2D eigenvalue weighted by atomic mass is 16.6. The maximum Gasteiger partial charge on any atom is 0.269 e. The van der Waals surface area contributed by atoms with Crippen molar-refractivity contribution < 1.29 is 4.92 Å². The van der Waals surface area contributed by atoms with Gasteiger partial charge in [-0.2, -0.15) is 10.5 Å². The van der Waals surface area contributed by atoms with Crippen molar-refractivity contribution in [3.8, 4) is 12.1 Å². The van der Waals surface area contributed by atoms with E-state index in [1.165, 1.54) is 12.1 Å². The van der Waals surface area contributed by atoms with Crippen LogP contribution in [-0.2, 0) is 0 Å². The number of rotatable bonds is 5. The SMILES string of the molecule is CN(C)C(C=CNc1ccc([N+](=O)[O-])cc1)=C(C#N)C#N. The van der Waals surface area contributed by atoms with Gasteiger partial charge in [0.05, 0.1) is 10.6 Å². The Morgan fingerprint density at radius 3 is 2.29 bits per heavy atom. The predicted molar refractivity (Wildman–Crippen MR) is 77.8 cm³/mol. The summed E-state index contributed by atoms with van der Waals surface area (Å²) in [5, 5.41) is 31.2. The molecule has 0 saturated carbocycles. The van der Waals surface area contributed by atoms with Gasteiger partial charge in [0.1, 0.15) is 12.1 Å². The third-order valence-corrected chi connectivity index (χ3v) is 2.53. The van der Waals surface area contributed by atoms with Gasteiger partial charge < -0.3 is 10.2 Å². The molecule has 1 aromatic carbocycles. The first kappa shape index (κ1) is 15.7. The molecule has 1 aromatic rings. The van der Waals surface area contributed by atoms with E-state index in [0.29, 0.717) is 11.4 Å². The van der Waals surface area contributed by atoms with Crippen molar-refractivity contribution in [2.24, 2.45) is 0 Å². The topological polar surface area (TPSA) is 106 Å². The average Bonchev–Trinajstić information content (AvgIpc) is 2.47. The Hall–Kier alpha value is -3.32. The van der Waals surface area contributed by atoms with Gasteiger partial charge >= 0.3 is 0 Å². The Morgan fingerprint density at radius 1 is 1.29 bits per heavy atom. The smallest absolute Gasteiger partial charge is 0.269 e. The number of nitrogens with one attached hydrogen (secondary N) is 1. The number of nitro groups is 1. The molecule has 0 unspecified atom stereocenters. The summed E-state index contributed by atoms with van der Waals surface area (Å²) in [5.74, 6) is 0. The molecule has 1 N–H and O–H groups in total. The van der Waals surface area contributed by atoms with Crippen LogP contribution in [0.3, 0.4) is 0 Å². The van der Waals surface area contributed by atoms with Gasteiger partial charge in [-0.15, -0.1) is 0 Å². The second-order valence-corrected chi connectivity index (χ2v) is 4.16. The van der Waals surface area contributed by atoms with E-state index in [2.05, 4.69) is 5.32 Å². The van der Waals surface area contributed by atoms with Crippen LogP contribution in [0.1, 0.15) is 0 Å². The van der Waals surface area contributed by atoms with Crippen LogP contribution in [0.25, 0.3) is 0 Å². The van der Waals surface area contributed by atoms with Gasteiger partial charge in [-0.05, 0) is 18.2 Å². The highest BCUT2D eigenvalue weighted by molar-refractivity contribution is 5.51. The van der Waals surface area contributed by atoms with Gasteiger partial charge in [-0.25, -0.2) is 0 Å². The highest BCUT2D eigenvalue weighted by Gasteiger charge is 2.05. The van der Waals surface area contributed by atoms with E-state index in [9.17, 15) is 10.1 Å². The molecule has 0 aliphatic carbocycles. The van der Waals surface area contributed by atoms with Gasteiger partial charge in [0.15, 0.2) is 5.57 Å². The number of allylic oxidation sites excluding steroid dienone is 2. The summed E-state index contributed by atoms with van der Waals surface area (Å²) in [5.41, 5.74) is 1.14. The van der Waals surface area contributed by atoms with E-state index in [-0.39, 0.29) is 11.3 Å². The maximum absolute atomic E-state index is 10.5. The Morgan fingerprint density at radius 2 is 1.86 bits per heavy atom. The summed E-state index contributed by atoms with van der Waals surface area (Å²) in [4.78, 5) is 11.7. The second-order valence-electron chi connectivity index (χ2n) is 4.16. The molecule has 0 heterocycles. The van der Waals surface area contributed by atoms with Crippen LogP contribution < -0.4 is 5.32 Å². The van der Waals surface area contributed by atoms with Crippen LogP contribution in [0.4, 0.5) is 11.4 Å². The van der Waals surface area contributed by atoms with Crippen LogP contribution in [0, 0.1) is 32.8 Å². The summed E-state index contributed by atoms with van der Waals surface area (Å²) >= 11 is 0. The van der Waals surface area contributed by atoms with Crippen molar-refractivity contribution in [3.63, 3.8) is 0 Å². The van der Waals surface area contributed by atoms with Crippen molar-refractivity contribution in [1.29, 1.82) is 10.5 Å². The molecule has 0 bridgehead atoms. The quantitative estimate of drug-likeness (QED) is 0.385. The molecule has 0 atom stereocenters. The van der Waals surface area contributed by atoms with Crippen molar-refractivity contribution in [2.75, 3.05) is 19.4 Å². The van der Waals surface area contributed by atoms with E-state index in [1.54, 1.807) is 43.4 Å². The Balaban J connectivity index is 2.86. The minimum Gasteiger partial charge on any atom is -0.376 e. The molecule has 0 radical (unpaired) electrons. The zero-order chi connectivity index (χ0) is 15.8. The summed E-state index contributed by atoms with van der Waals surface area (Å²) < 4.78 is 0. The number of nitriles is 2. The number of anilines is 1. The number of likely N-dealkylation sites (N-methyl/N-ethyl adjacent to an activating group) is 1. The van der Waals surface area contributed by atoms with Gasteiger partial charge in [0, 0.05) is 38.1 Å². The molecule has 0 fully saturated rings. The average molecular weight is 283 g/mol. The fourth-order valence-electron chi connectivity index (χ4n) is 1.49. The minimum atomic E-state index is -0.474. The number of hydrogen-bond acceptors (Lipinski definition) is 6. The van der Waals surface area contributed by atoms with Gasteiger partial charge in [-0.3, -0.25) is 10.1 Å². The fraction of sp³-hybridized carbons (Fsp3) is 0.143. The standard InChI is InChI=1S/C14H13N5O2/c1-18(2)14(11(9-15)10-16)7-8-17-12-3-5-13(6-4-12)19(20)21/h3-8,17H,1-2H3. The lowest BCUT2D eigenvalue weighted by Crippen LogP contribution is -2.11. The van der Waals surface area contributed by atoms with Gasteiger partial charge in [0.2, 0.25) is 0 Å². The lowest BCUT2D eigenvalue weighted by molar-refractivity contribution is -0.384. The second kappa shape index (κ2) is 7.31. The predicted octanol–water partition coefficient (Wildman–Crippen LogP) is 2.38. The largest absolute Gasteiger partial charge is 0.376 e. The van der Waals surface area contributed by atoms with E-state index in [4.69, 9.17) is 10.5 Å². The van der Waals surface area contributed by atoms with E-state index >= 15 is 0 Å². The molecule has 0 saturated heterocycles. The molecule has 7 nitrogen and oxygen atoms in total. The van der Waals surface area contributed by atoms with Crippen molar-refractivity contribution in [3.05, 3.63) is 57.9 Å². The number of benzene rings is 1. The first-order valence-corrected chi connectivity index (χ1v) is 5.89. The number of nitro benzene ring substituents is 1.